The van der Waals surface area contributed by atoms with Crippen LogP contribution in [-0.4, -0.2) is 50.1 Å². The molecule has 0 N–H and O–H groups in total. The van der Waals surface area contributed by atoms with Gasteiger partial charge in [-0.25, -0.2) is 13.9 Å². The number of nitrogens with zero attached hydrogens (tertiary/aromatic N) is 5. The highest BCUT2D eigenvalue weighted by molar-refractivity contribution is 5.94. The Bertz CT molecular complexity index is 1040. The summed E-state index contributed by atoms with van der Waals surface area (Å²) >= 11 is 0. The van der Waals surface area contributed by atoms with Gasteiger partial charge in [0.1, 0.15) is 0 Å². The molecule has 5 rings (SSSR count). The minimum atomic E-state index is -0.575. The lowest BCUT2D eigenvalue weighted by atomic mass is 9.97. The fraction of sp³-hybridized carbons (Fsp3) is 0.429. The monoisotopic (exact) mass is 395 g/mol. The van der Waals surface area contributed by atoms with Crippen molar-refractivity contribution < 1.29 is 13.9 Å². The topological polar surface area (TPSA) is 72.6 Å². The first kappa shape index (κ1) is 18.0. The second-order valence-electron chi connectivity index (χ2n) is 7.82. The maximum Gasteiger partial charge on any atom is 0.256 e. The molecule has 29 heavy (non-hydrogen) atoms. The van der Waals surface area contributed by atoms with Gasteiger partial charge in [0.05, 0.1) is 30.3 Å². The summed E-state index contributed by atoms with van der Waals surface area (Å²) in [5.74, 6) is 0.657. The van der Waals surface area contributed by atoms with Gasteiger partial charge in [0.25, 0.3) is 5.91 Å². The molecular weight excluding hydrogens is 373 g/mol. The summed E-state index contributed by atoms with van der Waals surface area (Å²) in [7, 11) is 0. The Morgan fingerprint density at radius 2 is 2.00 bits per heavy atom. The van der Waals surface area contributed by atoms with E-state index >= 15 is 0 Å². The molecule has 1 saturated carbocycles. The van der Waals surface area contributed by atoms with Gasteiger partial charge in [-0.05, 0) is 43.7 Å². The molecule has 1 aliphatic heterocycles. The molecule has 0 atom stereocenters. The molecule has 0 bridgehead atoms. The van der Waals surface area contributed by atoms with Crippen molar-refractivity contribution in [1.82, 2.24) is 24.5 Å². The van der Waals surface area contributed by atoms with Gasteiger partial charge >= 0.3 is 0 Å². The van der Waals surface area contributed by atoms with E-state index in [4.69, 9.17) is 4.74 Å². The second kappa shape index (κ2) is 7.42. The summed E-state index contributed by atoms with van der Waals surface area (Å²) in [6, 6.07) is 5.21. The Kier molecular flexibility index (Phi) is 4.61. The molecular formula is C21H22FN5O2. The van der Waals surface area contributed by atoms with Crippen molar-refractivity contribution in [3.8, 4) is 5.88 Å². The number of amides is 1. The van der Waals surface area contributed by atoms with Crippen LogP contribution in [0, 0.1) is 11.7 Å². The number of carbonyl (C=O) groups excluding carboxylic acids is 1. The second-order valence-corrected chi connectivity index (χ2v) is 7.82. The van der Waals surface area contributed by atoms with Crippen LogP contribution in [0.25, 0.3) is 5.65 Å². The van der Waals surface area contributed by atoms with Crippen molar-refractivity contribution in [1.29, 1.82) is 0 Å². The number of pyridine rings is 1. The van der Waals surface area contributed by atoms with Crippen LogP contribution in [0.2, 0.25) is 0 Å². The van der Waals surface area contributed by atoms with Crippen molar-refractivity contribution in [3.05, 3.63) is 53.9 Å². The lowest BCUT2D eigenvalue weighted by molar-refractivity contribution is 0.0654. The maximum absolute atomic E-state index is 13.8. The Hall–Kier alpha value is -3.03. The Labute approximate surface area is 167 Å². The van der Waals surface area contributed by atoms with E-state index in [9.17, 15) is 9.18 Å². The van der Waals surface area contributed by atoms with Crippen molar-refractivity contribution >= 4 is 11.6 Å². The van der Waals surface area contributed by atoms with E-state index in [1.165, 1.54) is 25.1 Å². The zero-order valence-corrected chi connectivity index (χ0v) is 16.0. The Morgan fingerprint density at radius 3 is 2.76 bits per heavy atom. The SMILES string of the molecule is O=C(c1ccncc1F)N1CCC(COc2ccc3nc(C4CC4)cn3n2)CC1. The molecule has 1 amide bonds. The number of halogens is 1. The van der Waals surface area contributed by atoms with E-state index in [1.54, 1.807) is 9.42 Å². The van der Waals surface area contributed by atoms with E-state index in [0.29, 0.717) is 37.4 Å². The zero-order valence-electron chi connectivity index (χ0n) is 16.0. The molecule has 1 saturated heterocycles. The number of carbonyl (C=O) groups is 1. The first-order chi connectivity index (χ1) is 14.2. The molecule has 3 aromatic heterocycles. The quantitative estimate of drug-likeness (QED) is 0.664. The number of likely N-dealkylation sites (tertiary alicyclic amines) is 1. The number of hydrogen-bond donors (Lipinski definition) is 0. The number of imidazole rings is 1. The molecule has 0 radical (unpaired) electrons. The van der Waals surface area contributed by atoms with E-state index < -0.39 is 5.82 Å². The number of hydrogen-bond acceptors (Lipinski definition) is 5. The highest BCUT2D eigenvalue weighted by Gasteiger charge is 2.27. The number of aromatic nitrogens is 4. The molecule has 0 aromatic carbocycles. The molecule has 4 heterocycles. The summed E-state index contributed by atoms with van der Waals surface area (Å²) < 4.78 is 21.5. The Morgan fingerprint density at radius 1 is 1.17 bits per heavy atom. The van der Waals surface area contributed by atoms with E-state index in [0.717, 1.165) is 30.4 Å². The summed E-state index contributed by atoms with van der Waals surface area (Å²) in [6.45, 7) is 1.73. The van der Waals surface area contributed by atoms with Crippen molar-refractivity contribution in [2.24, 2.45) is 5.92 Å². The predicted molar refractivity (Wildman–Crippen MR) is 103 cm³/mol. The van der Waals surface area contributed by atoms with Gasteiger partial charge in [0.2, 0.25) is 5.88 Å². The van der Waals surface area contributed by atoms with E-state index in [-0.39, 0.29) is 11.5 Å². The van der Waals surface area contributed by atoms with Gasteiger partial charge in [0, 0.05) is 31.3 Å². The number of piperidine rings is 1. The maximum atomic E-state index is 13.8. The molecule has 1 aliphatic carbocycles. The largest absolute Gasteiger partial charge is 0.476 e. The molecule has 8 heteroatoms. The average Bonchev–Trinajstić information content (AvgIpc) is 3.51. The molecule has 0 unspecified atom stereocenters. The highest BCUT2D eigenvalue weighted by Crippen LogP contribution is 2.39. The van der Waals surface area contributed by atoms with Crippen molar-refractivity contribution in [3.63, 3.8) is 0 Å². The molecule has 3 aromatic rings. The van der Waals surface area contributed by atoms with Gasteiger partial charge in [-0.1, -0.05) is 0 Å². The van der Waals surface area contributed by atoms with Gasteiger partial charge in [-0.2, -0.15) is 0 Å². The lowest BCUT2D eigenvalue weighted by Crippen LogP contribution is -2.40. The zero-order chi connectivity index (χ0) is 19.8. The number of rotatable bonds is 5. The van der Waals surface area contributed by atoms with Gasteiger partial charge in [-0.3, -0.25) is 9.78 Å². The first-order valence-corrected chi connectivity index (χ1v) is 10.1. The molecule has 2 fully saturated rings. The van der Waals surface area contributed by atoms with Crippen LogP contribution in [0.15, 0.2) is 36.8 Å². The van der Waals surface area contributed by atoms with Crippen LogP contribution in [0.5, 0.6) is 5.88 Å². The third kappa shape index (κ3) is 3.79. The summed E-state index contributed by atoms with van der Waals surface area (Å²) in [4.78, 5) is 22.5. The van der Waals surface area contributed by atoms with Crippen LogP contribution in [0.4, 0.5) is 4.39 Å². The minimum absolute atomic E-state index is 0.0816. The molecule has 150 valence electrons. The molecule has 7 nitrogen and oxygen atoms in total. The van der Waals surface area contributed by atoms with Crippen LogP contribution < -0.4 is 4.74 Å². The fourth-order valence-corrected chi connectivity index (χ4v) is 3.76. The standard InChI is InChI=1S/C21H22FN5O2/c22-17-11-23-8-5-16(17)21(28)26-9-6-14(7-10-26)13-29-20-4-3-19-24-18(15-1-2-15)12-27(19)25-20/h3-5,8,11-12,14-15H,1-2,6-7,9-10,13H2. The third-order valence-corrected chi connectivity index (χ3v) is 5.68. The fourth-order valence-electron chi connectivity index (χ4n) is 3.76. The molecule has 2 aliphatic rings. The van der Waals surface area contributed by atoms with E-state index in [1.807, 2.05) is 18.3 Å². The van der Waals surface area contributed by atoms with Crippen LogP contribution in [-0.2, 0) is 0 Å². The summed E-state index contributed by atoms with van der Waals surface area (Å²) in [5.41, 5.74) is 2.03. The third-order valence-electron chi connectivity index (χ3n) is 5.68. The van der Waals surface area contributed by atoms with Crippen molar-refractivity contribution in [2.75, 3.05) is 19.7 Å². The minimum Gasteiger partial charge on any atom is -0.476 e. The lowest BCUT2D eigenvalue weighted by Gasteiger charge is -2.31. The normalized spacial score (nSPS) is 17.6. The van der Waals surface area contributed by atoms with Gasteiger partial charge in [-0.15, -0.1) is 5.10 Å². The Balaban J connectivity index is 1.15. The van der Waals surface area contributed by atoms with E-state index in [2.05, 4.69) is 15.1 Å². The number of ether oxygens (including phenoxy) is 1. The van der Waals surface area contributed by atoms with Crippen molar-refractivity contribution in [2.45, 2.75) is 31.6 Å². The first-order valence-electron chi connectivity index (χ1n) is 10.1. The molecule has 0 spiro atoms. The van der Waals surface area contributed by atoms with Gasteiger partial charge < -0.3 is 9.64 Å². The smallest absolute Gasteiger partial charge is 0.256 e. The van der Waals surface area contributed by atoms with Gasteiger partial charge in [0.15, 0.2) is 11.5 Å². The average molecular weight is 395 g/mol. The highest BCUT2D eigenvalue weighted by atomic mass is 19.1. The van der Waals surface area contributed by atoms with Crippen LogP contribution in [0.3, 0.4) is 0 Å². The number of fused-ring (bicyclic) bond motifs is 1. The van der Waals surface area contributed by atoms with Crippen LogP contribution in [0.1, 0.15) is 47.7 Å². The van der Waals surface area contributed by atoms with Crippen LogP contribution >= 0.6 is 0 Å². The summed E-state index contributed by atoms with van der Waals surface area (Å²) in [5, 5.41) is 4.50. The predicted octanol–water partition coefficient (Wildman–Crippen LogP) is 3.07. The summed E-state index contributed by atoms with van der Waals surface area (Å²) in [6.07, 6.45) is 8.56.